The fourth-order valence-corrected chi connectivity index (χ4v) is 5.43. The van der Waals surface area contributed by atoms with Crippen LogP contribution in [-0.2, 0) is 6.54 Å². The van der Waals surface area contributed by atoms with Gasteiger partial charge in [-0.05, 0) is 74.6 Å². The minimum atomic E-state index is -0.269. The molecular formula is C27H30ClN7O2S. The maximum absolute atomic E-state index is 12.9. The van der Waals surface area contributed by atoms with E-state index in [4.69, 9.17) is 11.6 Å². The Hall–Kier alpha value is -3.44. The van der Waals surface area contributed by atoms with Crippen LogP contribution in [0.25, 0.3) is 10.2 Å². The topological polar surface area (TPSA) is 96.6 Å². The molecule has 0 saturated carbocycles. The zero-order chi connectivity index (χ0) is 26.6. The lowest BCUT2D eigenvalue weighted by Crippen LogP contribution is -2.38. The van der Waals surface area contributed by atoms with E-state index >= 15 is 0 Å². The van der Waals surface area contributed by atoms with Gasteiger partial charge in [-0.3, -0.25) is 30.0 Å². The van der Waals surface area contributed by atoms with Crippen LogP contribution in [0.3, 0.4) is 0 Å². The van der Waals surface area contributed by atoms with E-state index in [2.05, 4.69) is 37.8 Å². The van der Waals surface area contributed by atoms with Crippen LogP contribution in [0.1, 0.15) is 32.0 Å². The molecule has 2 aromatic carbocycles. The summed E-state index contributed by atoms with van der Waals surface area (Å²) < 4.78 is 0. The Kier molecular flexibility index (Phi) is 7.94. The van der Waals surface area contributed by atoms with Crippen LogP contribution in [0, 0.1) is 0 Å². The molecule has 9 nitrogen and oxygen atoms in total. The third kappa shape index (κ3) is 6.16. The second-order valence-electron chi connectivity index (χ2n) is 9.49. The number of halogens is 1. The molecule has 5 rings (SSSR count). The number of hydrogen-bond donors (Lipinski definition) is 3. The van der Waals surface area contributed by atoms with Crippen LogP contribution in [-0.4, -0.2) is 72.1 Å². The normalized spacial score (nSPS) is 14.8. The average molecular weight is 552 g/mol. The highest BCUT2D eigenvalue weighted by Gasteiger charge is 2.18. The number of fused-ring (bicyclic) bond motifs is 1. The van der Waals surface area contributed by atoms with Crippen molar-refractivity contribution in [3.05, 3.63) is 75.6 Å². The van der Waals surface area contributed by atoms with Gasteiger partial charge in [0.25, 0.3) is 11.8 Å². The molecule has 3 N–H and O–H groups in total. The number of carbonyl (C=O) groups is 2. The van der Waals surface area contributed by atoms with Crippen LogP contribution in [0.5, 0.6) is 0 Å². The summed E-state index contributed by atoms with van der Waals surface area (Å²) in [5.74, 6) is -0.0448. The first kappa shape index (κ1) is 26.2. The molecule has 4 aromatic rings. The van der Waals surface area contributed by atoms with Gasteiger partial charge in [-0.2, -0.15) is 5.10 Å². The Morgan fingerprint density at radius 1 is 1.05 bits per heavy atom. The molecule has 38 heavy (non-hydrogen) atoms. The van der Waals surface area contributed by atoms with Gasteiger partial charge in [0.05, 0.1) is 16.0 Å². The minimum Gasteiger partial charge on any atom is -0.306 e. The summed E-state index contributed by atoms with van der Waals surface area (Å²) in [4.78, 5) is 31.7. The maximum atomic E-state index is 12.9. The number of aromatic nitrogens is 2. The first-order valence-corrected chi connectivity index (χ1v) is 13.6. The SMILES string of the molecule is CN1CCCN(Cc2ccc(C(=O)Nc3[nH]nc4sc(C(=O)NN(C)c5ccc(Cl)cc5)cc34)cc2)CC1. The van der Waals surface area contributed by atoms with Gasteiger partial charge >= 0.3 is 0 Å². The Bertz CT molecular complexity index is 1420. The number of hydrogen-bond acceptors (Lipinski definition) is 7. The van der Waals surface area contributed by atoms with Crippen LogP contribution >= 0.6 is 22.9 Å². The second kappa shape index (κ2) is 11.5. The molecule has 0 bridgehead atoms. The van der Waals surface area contributed by atoms with Gasteiger partial charge < -0.3 is 10.2 Å². The number of nitrogens with zero attached hydrogens (tertiary/aromatic N) is 4. The van der Waals surface area contributed by atoms with E-state index in [1.165, 1.54) is 23.3 Å². The summed E-state index contributed by atoms with van der Waals surface area (Å²) in [5.41, 5.74) is 5.38. The zero-order valence-corrected chi connectivity index (χ0v) is 22.9. The molecule has 11 heteroatoms. The minimum absolute atomic E-state index is 0.238. The highest BCUT2D eigenvalue weighted by molar-refractivity contribution is 7.20. The first-order chi connectivity index (χ1) is 18.4. The molecule has 0 unspecified atom stereocenters. The summed E-state index contributed by atoms with van der Waals surface area (Å²) in [7, 11) is 3.92. The number of carbonyl (C=O) groups excluding carboxylic acids is 2. The van der Waals surface area contributed by atoms with Gasteiger partial charge in [0.1, 0.15) is 10.6 Å². The number of aromatic amines is 1. The van der Waals surface area contributed by atoms with Crippen LogP contribution < -0.4 is 15.8 Å². The fraction of sp³-hybridized carbons (Fsp3) is 0.296. The average Bonchev–Trinajstić information content (AvgIpc) is 3.43. The van der Waals surface area contributed by atoms with Crippen molar-refractivity contribution in [1.82, 2.24) is 25.4 Å². The molecule has 0 aliphatic carbocycles. The number of hydrazine groups is 1. The summed E-state index contributed by atoms with van der Waals surface area (Å²) in [6, 6.07) is 16.6. The lowest BCUT2D eigenvalue weighted by atomic mass is 10.1. The van der Waals surface area contributed by atoms with E-state index in [1.54, 1.807) is 30.3 Å². The smallest absolute Gasteiger partial charge is 0.279 e. The number of amides is 2. The quantitative estimate of drug-likeness (QED) is 0.294. The van der Waals surface area contributed by atoms with E-state index in [0.717, 1.165) is 38.4 Å². The van der Waals surface area contributed by atoms with Crippen LogP contribution in [0.4, 0.5) is 11.5 Å². The van der Waals surface area contributed by atoms with Gasteiger partial charge in [-0.15, -0.1) is 11.3 Å². The Morgan fingerprint density at radius 3 is 2.58 bits per heavy atom. The third-order valence-corrected chi connectivity index (χ3v) is 7.91. The standard InChI is InChI=1S/C27H30ClN7O2S/c1-33-12-3-13-35(15-14-33)17-18-4-6-19(7-5-18)25(36)29-24-22-16-23(38-27(22)31-30-24)26(37)32-34(2)21-10-8-20(28)9-11-21/h4-11,16H,3,12-15,17H2,1-2H3,(H,32,37)(H2,29,30,31,36). The molecule has 3 heterocycles. The molecular weight excluding hydrogens is 522 g/mol. The number of anilines is 2. The molecule has 1 aliphatic rings. The zero-order valence-electron chi connectivity index (χ0n) is 21.3. The van der Waals surface area contributed by atoms with Gasteiger partial charge in [-0.1, -0.05) is 23.7 Å². The lowest BCUT2D eigenvalue weighted by molar-refractivity contribution is 0.0954. The van der Waals surface area contributed by atoms with E-state index in [0.29, 0.717) is 31.5 Å². The first-order valence-electron chi connectivity index (χ1n) is 12.4. The van der Waals surface area contributed by atoms with Crippen molar-refractivity contribution in [2.24, 2.45) is 0 Å². The molecule has 0 atom stereocenters. The summed E-state index contributed by atoms with van der Waals surface area (Å²) in [5, 5.41) is 13.0. The van der Waals surface area contributed by atoms with Crippen molar-refractivity contribution in [3.63, 3.8) is 0 Å². The predicted molar refractivity (Wildman–Crippen MR) is 153 cm³/mol. The maximum Gasteiger partial charge on any atom is 0.279 e. The molecule has 0 spiro atoms. The van der Waals surface area contributed by atoms with Crippen molar-refractivity contribution in [2.45, 2.75) is 13.0 Å². The molecule has 2 amide bonds. The lowest BCUT2D eigenvalue weighted by Gasteiger charge is -2.20. The van der Waals surface area contributed by atoms with Gasteiger partial charge in [0, 0.05) is 37.3 Å². The summed E-state index contributed by atoms with van der Waals surface area (Å²) in [6.07, 6.45) is 1.17. The van der Waals surface area contributed by atoms with E-state index in [1.807, 2.05) is 36.4 Å². The Morgan fingerprint density at radius 2 is 1.82 bits per heavy atom. The number of thiophene rings is 1. The molecule has 0 radical (unpaired) electrons. The van der Waals surface area contributed by atoms with Crippen molar-refractivity contribution in [2.75, 3.05) is 50.6 Å². The third-order valence-electron chi connectivity index (χ3n) is 6.63. The second-order valence-corrected chi connectivity index (χ2v) is 11.0. The number of likely N-dealkylation sites (N-methyl/N-ethyl adjacent to an activating group) is 1. The predicted octanol–water partition coefficient (Wildman–Crippen LogP) is 4.45. The van der Waals surface area contributed by atoms with E-state index in [9.17, 15) is 9.59 Å². The molecule has 2 aromatic heterocycles. The molecule has 1 aliphatic heterocycles. The van der Waals surface area contributed by atoms with Crippen LogP contribution in [0.15, 0.2) is 54.6 Å². The number of H-pyrrole nitrogens is 1. The van der Waals surface area contributed by atoms with E-state index in [-0.39, 0.29) is 11.8 Å². The van der Waals surface area contributed by atoms with Gasteiger partial charge in [-0.25, -0.2) is 0 Å². The van der Waals surface area contributed by atoms with Gasteiger partial charge in [0.2, 0.25) is 0 Å². The van der Waals surface area contributed by atoms with E-state index < -0.39 is 0 Å². The summed E-state index contributed by atoms with van der Waals surface area (Å²) >= 11 is 7.19. The molecule has 1 fully saturated rings. The molecule has 1 saturated heterocycles. The Balaban J connectivity index is 1.21. The number of nitrogens with one attached hydrogen (secondary N) is 3. The van der Waals surface area contributed by atoms with Crippen molar-refractivity contribution in [3.8, 4) is 0 Å². The van der Waals surface area contributed by atoms with Gasteiger partial charge in [0.15, 0.2) is 0 Å². The monoisotopic (exact) mass is 551 g/mol. The van der Waals surface area contributed by atoms with Crippen molar-refractivity contribution in [1.29, 1.82) is 0 Å². The largest absolute Gasteiger partial charge is 0.306 e. The van der Waals surface area contributed by atoms with Crippen molar-refractivity contribution >= 4 is 56.5 Å². The number of benzene rings is 2. The fourth-order valence-electron chi connectivity index (χ4n) is 4.42. The highest BCUT2D eigenvalue weighted by atomic mass is 35.5. The van der Waals surface area contributed by atoms with Crippen molar-refractivity contribution < 1.29 is 9.59 Å². The summed E-state index contributed by atoms with van der Waals surface area (Å²) in [6.45, 7) is 5.22. The highest BCUT2D eigenvalue weighted by Crippen LogP contribution is 2.29. The number of rotatable bonds is 7. The van der Waals surface area contributed by atoms with Crippen LogP contribution in [0.2, 0.25) is 5.02 Å². The molecule has 198 valence electrons. The Labute approximate surface area is 230 Å².